The fourth-order valence-corrected chi connectivity index (χ4v) is 2.55. The third-order valence-electron chi connectivity index (χ3n) is 2.74. The van der Waals surface area contributed by atoms with Crippen molar-refractivity contribution < 1.29 is 9.53 Å². The molecule has 0 unspecified atom stereocenters. The number of nitrogens with zero attached hydrogens (tertiary/aromatic N) is 2. The number of hydrogen-bond acceptors (Lipinski definition) is 5. The summed E-state index contributed by atoms with van der Waals surface area (Å²) in [4.78, 5) is 13.1. The highest BCUT2D eigenvalue weighted by atomic mass is 32.2. The van der Waals surface area contributed by atoms with Crippen LogP contribution in [0.1, 0.15) is 21.5 Å². The highest BCUT2D eigenvalue weighted by Crippen LogP contribution is 2.29. The van der Waals surface area contributed by atoms with Crippen LogP contribution in [0.25, 0.3) is 0 Å². The van der Waals surface area contributed by atoms with E-state index < -0.39 is 0 Å². The van der Waals surface area contributed by atoms with E-state index >= 15 is 0 Å². The third-order valence-corrected chi connectivity index (χ3v) is 3.74. The minimum atomic E-state index is -0.378. The van der Waals surface area contributed by atoms with Gasteiger partial charge in [-0.05, 0) is 42.5 Å². The number of carbonyl (C=O) groups is 1. The van der Waals surface area contributed by atoms with Gasteiger partial charge in [-0.15, -0.1) is 0 Å². The second-order valence-corrected chi connectivity index (χ2v) is 5.20. The van der Waals surface area contributed by atoms with Crippen molar-refractivity contribution in [2.24, 2.45) is 0 Å². The molecule has 0 aliphatic carbocycles. The Morgan fingerprint density at radius 1 is 1.00 bits per heavy atom. The van der Waals surface area contributed by atoms with Crippen LogP contribution in [0.3, 0.4) is 0 Å². The van der Waals surface area contributed by atoms with E-state index in [0.717, 1.165) is 9.79 Å². The topological polar surface area (TPSA) is 73.9 Å². The maximum absolute atomic E-state index is 11.3. The van der Waals surface area contributed by atoms with Gasteiger partial charge < -0.3 is 4.74 Å². The molecule has 2 aromatic carbocycles. The minimum absolute atomic E-state index is 0.355. The van der Waals surface area contributed by atoms with Gasteiger partial charge in [-0.1, -0.05) is 11.8 Å². The van der Waals surface area contributed by atoms with Crippen molar-refractivity contribution >= 4 is 17.7 Å². The molecule has 0 spiro atoms. The van der Waals surface area contributed by atoms with Crippen LogP contribution in [-0.2, 0) is 4.74 Å². The third kappa shape index (κ3) is 3.42. The van der Waals surface area contributed by atoms with E-state index in [2.05, 4.69) is 4.74 Å². The van der Waals surface area contributed by atoms with Crippen molar-refractivity contribution in [2.75, 3.05) is 7.11 Å². The van der Waals surface area contributed by atoms with Crippen LogP contribution in [0.4, 0.5) is 0 Å². The van der Waals surface area contributed by atoms with Crippen LogP contribution < -0.4 is 0 Å². The molecular weight excluding hydrogens is 284 g/mol. The average Bonchev–Trinajstić information content (AvgIpc) is 2.54. The molecule has 0 amide bonds. The minimum Gasteiger partial charge on any atom is -0.465 e. The second kappa shape index (κ2) is 6.60. The Bertz CT molecular complexity index is 755. The van der Waals surface area contributed by atoms with Crippen LogP contribution in [0.2, 0.25) is 0 Å². The summed E-state index contributed by atoms with van der Waals surface area (Å²) in [6.45, 7) is 0. The largest absolute Gasteiger partial charge is 0.465 e. The maximum atomic E-state index is 11.3. The van der Waals surface area contributed by atoms with Crippen molar-refractivity contribution in [3.8, 4) is 12.1 Å². The lowest BCUT2D eigenvalue weighted by Gasteiger charge is -2.04. The predicted octanol–water partition coefficient (Wildman–Crippen LogP) is 3.37. The number of carbonyl (C=O) groups excluding carboxylic acids is 1. The molecule has 0 atom stereocenters. The van der Waals surface area contributed by atoms with Gasteiger partial charge in [0.15, 0.2) is 0 Å². The Morgan fingerprint density at radius 2 is 1.62 bits per heavy atom. The van der Waals surface area contributed by atoms with Gasteiger partial charge in [0.25, 0.3) is 0 Å². The lowest BCUT2D eigenvalue weighted by atomic mass is 10.1. The fourth-order valence-electron chi connectivity index (χ4n) is 1.69. The Kier molecular flexibility index (Phi) is 4.61. The number of methoxy groups -OCH3 is 1. The summed E-state index contributed by atoms with van der Waals surface area (Å²) in [5.74, 6) is -0.378. The Balaban J connectivity index is 2.21. The smallest absolute Gasteiger partial charge is 0.337 e. The van der Waals surface area contributed by atoms with E-state index in [4.69, 9.17) is 10.5 Å². The molecule has 0 radical (unpaired) electrons. The van der Waals surface area contributed by atoms with E-state index in [1.54, 1.807) is 42.5 Å². The molecule has 102 valence electrons. The molecule has 2 rings (SSSR count). The molecule has 0 fully saturated rings. The molecule has 0 aliphatic rings. The molecular formula is C16H10N2O2S. The molecule has 0 aromatic heterocycles. The zero-order valence-corrected chi connectivity index (χ0v) is 12.0. The number of hydrogen-bond donors (Lipinski definition) is 0. The van der Waals surface area contributed by atoms with Crippen LogP contribution in [0.15, 0.2) is 52.3 Å². The number of benzene rings is 2. The van der Waals surface area contributed by atoms with E-state index in [9.17, 15) is 4.79 Å². The van der Waals surface area contributed by atoms with Gasteiger partial charge in [0.2, 0.25) is 0 Å². The van der Waals surface area contributed by atoms with Crippen molar-refractivity contribution in [1.29, 1.82) is 10.5 Å². The summed E-state index contributed by atoms with van der Waals surface area (Å²) in [6, 6.07) is 16.1. The summed E-state index contributed by atoms with van der Waals surface area (Å²) in [5.41, 5.74) is 1.20. The van der Waals surface area contributed by atoms with Gasteiger partial charge in [0, 0.05) is 9.79 Å². The van der Waals surface area contributed by atoms with Crippen LogP contribution in [-0.4, -0.2) is 13.1 Å². The maximum Gasteiger partial charge on any atom is 0.337 e. The van der Waals surface area contributed by atoms with Crippen molar-refractivity contribution in [3.05, 3.63) is 59.2 Å². The average molecular weight is 294 g/mol. The molecule has 0 bridgehead atoms. The summed E-state index contributed by atoms with van der Waals surface area (Å²) in [7, 11) is 1.34. The van der Waals surface area contributed by atoms with Gasteiger partial charge in [-0.3, -0.25) is 0 Å². The van der Waals surface area contributed by atoms with Gasteiger partial charge in [-0.25, -0.2) is 4.79 Å². The first kappa shape index (κ1) is 14.6. The highest BCUT2D eigenvalue weighted by molar-refractivity contribution is 7.99. The van der Waals surface area contributed by atoms with E-state index in [1.807, 2.05) is 12.1 Å². The van der Waals surface area contributed by atoms with Gasteiger partial charge in [0.1, 0.15) is 12.1 Å². The normalized spacial score (nSPS) is 9.48. The van der Waals surface area contributed by atoms with Crippen LogP contribution in [0, 0.1) is 22.7 Å². The molecule has 0 saturated heterocycles. The van der Waals surface area contributed by atoms with Crippen molar-refractivity contribution in [3.63, 3.8) is 0 Å². The molecule has 5 heteroatoms. The quantitative estimate of drug-likeness (QED) is 0.811. The molecule has 0 heterocycles. The van der Waals surface area contributed by atoms with Gasteiger partial charge in [0.05, 0.1) is 23.8 Å². The number of esters is 1. The van der Waals surface area contributed by atoms with Crippen LogP contribution >= 0.6 is 11.8 Å². The Hall–Kier alpha value is -2.76. The predicted molar refractivity (Wildman–Crippen MR) is 77.8 cm³/mol. The molecule has 0 aliphatic heterocycles. The summed E-state index contributed by atoms with van der Waals surface area (Å²) < 4.78 is 4.64. The molecule has 2 aromatic rings. The SMILES string of the molecule is COC(=O)c1ccc(Sc2ccc(C#N)c(C#N)c2)cc1. The fraction of sp³-hybridized carbons (Fsp3) is 0.0625. The monoisotopic (exact) mass is 294 g/mol. The number of rotatable bonds is 3. The second-order valence-electron chi connectivity index (χ2n) is 4.05. The first-order chi connectivity index (χ1) is 10.2. The zero-order chi connectivity index (χ0) is 15.2. The number of nitriles is 2. The van der Waals surface area contributed by atoms with Crippen LogP contribution in [0.5, 0.6) is 0 Å². The Morgan fingerprint density at radius 3 is 2.19 bits per heavy atom. The van der Waals surface area contributed by atoms with Crippen molar-refractivity contribution in [2.45, 2.75) is 9.79 Å². The summed E-state index contributed by atoms with van der Waals surface area (Å²) in [5, 5.41) is 17.9. The Labute approximate surface area is 126 Å². The molecule has 0 saturated carbocycles. The van der Waals surface area contributed by atoms with E-state index in [-0.39, 0.29) is 5.97 Å². The zero-order valence-electron chi connectivity index (χ0n) is 11.2. The molecule has 21 heavy (non-hydrogen) atoms. The molecule has 0 N–H and O–H groups in total. The van der Waals surface area contributed by atoms with E-state index in [0.29, 0.717) is 16.7 Å². The lowest BCUT2D eigenvalue weighted by molar-refractivity contribution is 0.0600. The van der Waals surface area contributed by atoms with E-state index in [1.165, 1.54) is 18.9 Å². The first-order valence-corrected chi connectivity index (χ1v) is 6.80. The van der Waals surface area contributed by atoms with Crippen molar-refractivity contribution in [1.82, 2.24) is 0 Å². The first-order valence-electron chi connectivity index (χ1n) is 5.98. The standard InChI is InChI=1S/C16H10N2O2S/c1-20-16(19)11-2-5-14(6-3-11)21-15-7-4-12(9-17)13(8-15)10-18/h2-8H,1H3. The number of ether oxygens (including phenoxy) is 1. The van der Waals surface area contributed by atoms with Gasteiger partial charge >= 0.3 is 5.97 Å². The summed E-state index contributed by atoms with van der Waals surface area (Å²) >= 11 is 1.45. The molecule has 4 nitrogen and oxygen atoms in total. The highest BCUT2D eigenvalue weighted by Gasteiger charge is 2.07. The lowest BCUT2D eigenvalue weighted by Crippen LogP contribution is -2.00. The van der Waals surface area contributed by atoms with Gasteiger partial charge in [-0.2, -0.15) is 10.5 Å². The summed E-state index contributed by atoms with van der Waals surface area (Å²) in [6.07, 6.45) is 0.